The molecular weight excluding hydrogens is 370 g/mol. The summed E-state index contributed by atoms with van der Waals surface area (Å²) in [5.74, 6) is 1.47. The van der Waals surface area contributed by atoms with Crippen molar-refractivity contribution in [1.29, 1.82) is 0 Å². The molecule has 1 N–H and O–H groups in total. The van der Waals surface area contributed by atoms with Crippen LogP contribution >= 0.6 is 0 Å². The van der Waals surface area contributed by atoms with Crippen LogP contribution in [-0.2, 0) is 17.8 Å². The Morgan fingerprint density at radius 1 is 1.21 bits per heavy atom. The fourth-order valence-corrected chi connectivity index (χ4v) is 3.62. The van der Waals surface area contributed by atoms with E-state index in [2.05, 4.69) is 20.4 Å². The van der Waals surface area contributed by atoms with E-state index in [0.29, 0.717) is 36.9 Å². The summed E-state index contributed by atoms with van der Waals surface area (Å²) in [4.78, 5) is 23.8. The number of pyridine rings is 1. The molecule has 1 aliphatic heterocycles. The lowest BCUT2D eigenvalue weighted by Gasteiger charge is -2.31. The van der Waals surface area contributed by atoms with E-state index in [9.17, 15) is 4.79 Å². The number of aromatic nitrogens is 3. The highest BCUT2D eigenvalue weighted by atomic mass is 16.5. The molecule has 1 fully saturated rings. The molecule has 8 heteroatoms. The highest BCUT2D eigenvalue weighted by molar-refractivity contribution is 5.76. The molecule has 0 spiro atoms. The van der Waals surface area contributed by atoms with Crippen molar-refractivity contribution >= 4 is 5.91 Å². The Bertz CT molecular complexity index is 886. The maximum atomic E-state index is 13.1. The minimum atomic E-state index is 0.0836. The highest BCUT2D eigenvalue weighted by Gasteiger charge is 2.25. The average molecular weight is 395 g/mol. The lowest BCUT2D eigenvalue weighted by molar-refractivity contribution is -0.134. The zero-order valence-corrected chi connectivity index (χ0v) is 16.3. The summed E-state index contributed by atoms with van der Waals surface area (Å²) in [6.07, 6.45) is 7.05. The third-order valence-electron chi connectivity index (χ3n) is 5.13. The van der Waals surface area contributed by atoms with E-state index in [-0.39, 0.29) is 11.9 Å². The largest absolute Gasteiger partial charge is 0.461 e. The number of aryl methyl sites for hydroxylation is 1. The van der Waals surface area contributed by atoms with Crippen LogP contribution in [0.1, 0.15) is 37.3 Å². The molecule has 0 saturated carbocycles. The molecule has 8 nitrogen and oxygen atoms in total. The van der Waals surface area contributed by atoms with Gasteiger partial charge in [0.25, 0.3) is 0 Å². The number of carbonyl (C=O) groups excluding carboxylic acids is 1. The number of amides is 1. The molecule has 4 heterocycles. The van der Waals surface area contributed by atoms with E-state index in [1.807, 2.05) is 23.1 Å². The summed E-state index contributed by atoms with van der Waals surface area (Å²) in [5.41, 5.74) is 0.899. The van der Waals surface area contributed by atoms with Gasteiger partial charge in [-0.15, -0.1) is 0 Å². The molecule has 0 radical (unpaired) electrons. The zero-order chi connectivity index (χ0) is 19.9. The predicted octanol–water partition coefficient (Wildman–Crippen LogP) is 2.83. The van der Waals surface area contributed by atoms with E-state index in [1.165, 1.54) is 0 Å². The van der Waals surface area contributed by atoms with Crippen LogP contribution in [0.4, 0.5) is 0 Å². The molecule has 1 aliphatic rings. The Labute approximate surface area is 169 Å². The Morgan fingerprint density at radius 2 is 2.17 bits per heavy atom. The molecule has 152 valence electrons. The Hall–Kier alpha value is -3.00. The fourth-order valence-electron chi connectivity index (χ4n) is 3.62. The van der Waals surface area contributed by atoms with E-state index < -0.39 is 0 Å². The minimum absolute atomic E-state index is 0.0836. The number of furan rings is 1. The van der Waals surface area contributed by atoms with E-state index in [4.69, 9.17) is 8.94 Å². The lowest BCUT2D eigenvalue weighted by Crippen LogP contribution is -2.40. The molecule has 1 atom stereocenters. The van der Waals surface area contributed by atoms with Gasteiger partial charge < -0.3 is 19.2 Å². The summed E-state index contributed by atoms with van der Waals surface area (Å²) in [6, 6.07) is 9.55. The van der Waals surface area contributed by atoms with Crippen LogP contribution < -0.4 is 5.32 Å². The molecule has 0 bridgehead atoms. The van der Waals surface area contributed by atoms with Crippen LogP contribution in [0.25, 0.3) is 11.6 Å². The number of hydrogen-bond acceptors (Lipinski definition) is 7. The third kappa shape index (κ3) is 5.08. The Balaban J connectivity index is 1.42. The zero-order valence-electron chi connectivity index (χ0n) is 16.3. The molecule has 3 aromatic rings. The van der Waals surface area contributed by atoms with Gasteiger partial charge in [0, 0.05) is 25.1 Å². The number of nitrogens with one attached hydrogen (secondary N) is 1. The quantitative estimate of drug-likeness (QED) is 0.657. The second kappa shape index (κ2) is 9.47. The van der Waals surface area contributed by atoms with Crippen LogP contribution in [-0.4, -0.2) is 45.1 Å². The summed E-state index contributed by atoms with van der Waals surface area (Å²) < 4.78 is 10.6. The average Bonchev–Trinajstić information content (AvgIpc) is 3.38. The number of nitrogens with zero attached hydrogens (tertiary/aromatic N) is 4. The van der Waals surface area contributed by atoms with Crippen molar-refractivity contribution in [1.82, 2.24) is 25.3 Å². The van der Waals surface area contributed by atoms with Gasteiger partial charge in [-0.2, -0.15) is 4.98 Å². The normalized spacial score (nSPS) is 17.0. The smallest absolute Gasteiger partial charge is 0.238 e. The Morgan fingerprint density at radius 3 is 3.00 bits per heavy atom. The predicted molar refractivity (Wildman–Crippen MR) is 106 cm³/mol. The van der Waals surface area contributed by atoms with Crippen molar-refractivity contribution in [3.05, 3.63) is 54.4 Å². The number of carbonyl (C=O) groups is 1. The van der Waals surface area contributed by atoms with Crippen LogP contribution in [0.3, 0.4) is 0 Å². The molecular formula is C21H25N5O3. The van der Waals surface area contributed by atoms with E-state index >= 15 is 0 Å². The van der Waals surface area contributed by atoms with Gasteiger partial charge in [0.15, 0.2) is 5.76 Å². The van der Waals surface area contributed by atoms with Crippen molar-refractivity contribution in [2.45, 2.75) is 44.7 Å². The maximum Gasteiger partial charge on any atom is 0.238 e. The molecule has 3 aromatic heterocycles. The summed E-state index contributed by atoms with van der Waals surface area (Å²) in [7, 11) is 0. The third-order valence-corrected chi connectivity index (χ3v) is 5.13. The van der Waals surface area contributed by atoms with E-state index in [0.717, 1.165) is 38.0 Å². The first-order valence-corrected chi connectivity index (χ1v) is 10.1. The first-order valence-electron chi connectivity index (χ1n) is 10.1. The first kappa shape index (κ1) is 19.3. The van der Waals surface area contributed by atoms with Gasteiger partial charge in [0.05, 0.1) is 18.5 Å². The van der Waals surface area contributed by atoms with Crippen LogP contribution in [0.15, 0.2) is 51.7 Å². The minimum Gasteiger partial charge on any atom is -0.461 e. The molecule has 0 aliphatic carbocycles. The standard InChI is InChI=1S/C21H25N5O3/c27-20(9-8-19-24-21(25-29-19)18-7-4-14-28-18)26(15-16-5-1-2-12-23-16)17-6-3-11-22-13-10-17/h1-2,4-5,7,12,14,17,22H,3,6,8-11,13,15H2. The summed E-state index contributed by atoms with van der Waals surface area (Å²) in [5, 5.41) is 7.34. The van der Waals surface area contributed by atoms with Gasteiger partial charge in [0.1, 0.15) is 0 Å². The number of rotatable bonds is 7. The van der Waals surface area contributed by atoms with Crippen molar-refractivity contribution < 1.29 is 13.7 Å². The molecule has 0 aromatic carbocycles. The van der Waals surface area contributed by atoms with Gasteiger partial charge in [-0.05, 0) is 56.6 Å². The van der Waals surface area contributed by atoms with Crippen molar-refractivity contribution in [2.24, 2.45) is 0 Å². The van der Waals surface area contributed by atoms with Gasteiger partial charge >= 0.3 is 0 Å². The summed E-state index contributed by atoms with van der Waals surface area (Å²) in [6.45, 7) is 2.44. The van der Waals surface area contributed by atoms with Gasteiger partial charge in [-0.25, -0.2) is 0 Å². The molecule has 29 heavy (non-hydrogen) atoms. The van der Waals surface area contributed by atoms with Gasteiger partial charge in [-0.3, -0.25) is 9.78 Å². The molecule has 1 saturated heterocycles. The molecule has 4 rings (SSSR count). The number of hydrogen-bond donors (Lipinski definition) is 1. The van der Waals surface area contributed by atoms with Crippen molar-refractivity contribution in [3.63, 3.8) is 0 Å². The Kier molecular flexibility index (Phi) is 6.31. The van der Waals surface area contributed by atoms with Crippen LogP contribution in [0.5, 0.6) is 0 Å². The SMILES string of the molecule is O=C(CCc1nc(-c2ccco2)no1)N(Cc1ccccn1)C1CCCNCC1. The summed E-state index contributed by atoms with van der Waals surface area (Å²) >= 11 is 0. The van der Waals surface area contributed by atoms with Crippen LogP contribution in [0.2, 0.25) is 0 Å². The monoisotopic (exact) mass is 395 g/mol. The second-order valence-corrected chi connectivity index (χ2v) is 7.17. The maximum absolute atomic E-state index is 13.1. The molecule has 1 unspecified atom stereocenters. The lowest BCUT2D eigenvalue weighted by atomic mass is 10.1. The van der Waals surface area contributed by atoms with Gasteiger partial charge in [-0.1, -0.05) is 11.2 Å². The highest BCUT2D eigenvalue weighted by Crippen LogP contribution is 2.19. The van der Waals surface area contributed by atoms with Crippen molar-refractivity contribution in [2.75, 3.05) is 13.1 Å². The molecule has 1 amide bonds. The fraction of sp³-hybridized carbons (Fsp3) is 0.429. The first-order chi connectivity index (χ1) is 14.3. The van der Waals surface area contributed by atoms with E-state index in [1.54, 1.807) is 24.6 Å². The van der Waals surface area contributed by atoms with Gasteiger partial charge in [0.2, 0.25) is 17.6 Å². The van der Waals surface area contributed by atoms with Crippen molar-refractivity contribution in [3.8, 4) is 11.6 Å². The topological polar surface area (TPSA) is 97.3 Å². The van der Waals surface area contributed by atoms with Crippen LogP contribution in [0, 0.1) is 0 Å². The second-order valence-electron chi connectivity index (χ2n) is 7.17.